The highest BCUT2D eigenvalue weighted by atomic mass is 16.4. The molecule has 0 aromatic heterocycles. The van der Waals surface area contributed by atoms with Crippen LogP contribution in [0.4, 0.5) is 0 Å². The average Bonchev–Trinajstić information content (AvgIpc) is 2.26. The fourth-order valence-corrected chi connectivity index (χ4v) is 2.26. The first-order chi connectivity index (χ1) is 7.47. The van der Waals surface area contributed by atoms with E-state index in [1.165, 1.54) is 0 Å². The lowest BCUT2D eigenvalue weighted by atomic mass is 9.99. The minimum atomic E-state index is -0.734. The smallest absolute Gasteiger partial charge is 0.307 e. The van der Waals surface area contributed by atoms with Crippen LogP contribution in [0.1, 0.15) is 13.8 Å². The molecule has 1 aliphatic heterocycles. The lowest BCUT2D eigenvalue weighted by molar-refractivity contribution is -0.144. The van der Waals surface area contributed by atoms with Crippen LogP contribution in [0.25, 0.3) is 0 Å². The first-order valence-electron chi connectivity index (χ1n) is 5.84. The number of aliphatic carboxylic acids is 1. The molecule has 1 aliphatic rings. The summed E-state index contributed by atoms with van der Waals surface area (Å²) < 4.78 is 0. The predicted octanol–water partition coefficient (Wildman–Crippen LogP) is -0.330. The van der Waals surface area contributed by atoms with Crippen LogP contribution in [0.3, 0.4) is 0 Å². The van der Waals surface area contributed by atoms with Gasteiger partial charge in [-0.2, -0.15) is 0 Å². The first kappa shape index (κ1) is 13.4. The zero-order valence-electron chi connectivity index (χ0n) is 10.4. The molecule has 0 aromatic rings. The number of nitrogens with zero attached hydrogens (tertiary/aromatic N) is 2. The van der Waals surface area contributed by atoms with Gasteiger partial charge in [-0.25, -0.2) is 0 Å². The van der Waals surface area contributed by atoms with Gasteiger partial charge in [0, 0.05) is 38.3 Å². The summed E-state index contributed by atoms with van der Waals surface area (Å²) >= 11 is 0. The Morgan fingerprint density at radius 2 is 2.12 bits per heavy atom. The molecule has 3 N–H and O–H groups in total. The van der Waals surface area contributed by atoms with Crippen LogP contribution < -0.4 is 5.73 Å². The van der Waals surface area contributed by atoms with E-state index >= 15 is 0 Å². The van der Waals surface area contributed by atoms with E-state index in [0.717, 1.165) is 19.6 Å². The van der Waals surface area contributed by atoms with Crippen LogP contribution in [0.2, 0.25) is 0 Å². The molecule has 16 heavy (non-hydrogen) atoms. The molecule has 0 saturated carbocycles. The van der Waals surface area contributed by atoms with Crippen molar-refractivity contribution in [2.75, 3.05) is 33.2 Å². The van der Waals surface area contributed by atoms with Crippen molar-refractivity contribution < 1.29 is 9.90 Å². The van der Waals surface area contributed by atoms with Crippen LogP contribution in [0.15, 0.2) is 0 Å². The minimum Gasteiger partial charge on any atom is -0.481 e. The summed E-state index contributed by atoms with van der Waals surface area (Å²) in [6.07, 6.45) is 0. The van der Waals surface area contributed by atoms with Crippen LogP contribution in [-0.2, 0) is 4.79 Å². The molecular formula is C11H23N3O2. The lowest BCUT2D eigenvalue weighted by Gasteiger charge is -2.43. The molecule has 94 valence electrons. The van der Waals surface area contributed by atoms with Crippen LogP contribution in [0, 0.1) is 5.92 Å². The summed E-state index contributed by atoms with van der Waals surface area (Å²) in [5.74, 6) is -1.08. The Balaban J connectivity index is 2.66. The highest BCUT2D eigenvalue weighted by Crippen LogP contribution is 2.17. The van der Waals surface area contributed by atoms with Crippen molar-refractivity contribution in [2.45, 2.75) is 25.9 Å². The topological polar surface area (TPSA) is 69.8 Å². The summed E-state index contributed by atoms with van der Waals surface area (Å²) in [5.41, 5.74) is 5.75. The van der Waals surface area contributed by atoms with E-state index in [9.17, 15) is 4.79 Å². The van der Waals surface area contributed by atoms with Crippen molar-refractivity contribution in [3.05, 3.63) is 0 Å². The molecule has 1 saturated heterocycles. The molecule has 5 heteroatoms. The number of carboxylic acids is 1. The Kier molecular flexibility index (Phi) is 4.70. The molecule has 5 nitrogen and oxygen atoms in total. The zero-order valence-corrected chi connectivity index (χ0v) is 10.4. The number of rotatable bonds is 4. The van der Waals surface area contributed by atoms with Gasteiger partial charge in [0.25, 0.3) is 0 Å². The predicted molar refractivity (Wildman–Crippen MR) is 63.3 cm³/mol. The number of piperazine rings is 1. The second-order valence-corrected chi connectivity index (χ2v) is 4.76. The first-order valence-corrected chi connectivity index (χ1v) is 5.84. The highest BCUT2D eigenvalue weighted by molar-refractivity contribution is 5.70. The van der Waals surface area contributed by atoms with Gasteiger partial charge in [0.15, 0.2) is 0 Å². The van der Waals surface area contributed by atoms with Crippen molar-refractivity contribution in [1.29, 1.82) is 0 Å². The minimum absolute atomic E-state index is 0.0414. The van der Waals surface area contributed by atoms with Crippen molar-refractivity contribution in [3.8, 4) is 0 Å². The standard InChI is InChI=1S/C11H23N3O2/c1-8(11(15)16)9(2)14-5-4-13(3)7-10(14)6-12/h8-10H,4-7,12H2,1-3H3,(H,15,16). The fraction of sp³-hybridized carbons (Fsp3) is 0.909. The summed E-state index contributed by atoms with van der Waals surface area (Å²) in [6, 6.07) is 0.315. The number of carboxylic acid groups (broad SMARTS) is 1. The third-order valence-electron chi connectivity index (χ3n) is 3.64. The van der Waals surface area contributed by atoms with Crippen molar-refractivity contribution in [2.24, 2.45) is 11.7 Å². The molecule has 1 rings (SSSR count). The molecular weight excluding hydrogens is 206 g/mol. The van der Waals surface area contributed by atoms with E-state index in [4.69, 9.17) is 10.8 Å². The van der Waals surface area contributed by atoms with Crippen molar-refractivity contribution >= 4 is 5.97 Å². The van der Waals surface area contributed by atoms with Crippen molar-refractivity contribution in [3.63, 3.8) is 0 Å². The maximum atomic E-state index is 11.0. The van der Waals surface area contributed by atoms with E-state index in [2.05, 4.69) is 16.8 Å². The Morgan fingerprint density at radius 1 is 1.50 bits per heavy atom. The SMILES string of the molecule is CC(C(=O)O)C(C)N1CCN(C)CC1CN. The van der Waals surface area contributed by atoms with Crippen molar-refractivity contribution in [1.82, 2.24) is 9.80 Å². The van der Waals surface area contributed by atoms with Gasteiger partial charge in [0.05, 0.1) is 5.92 Å². The Hall–Kier alpha value is -0.650. The third-order valence-corrected chi connectivity index (χ3v) is 3.64. The van der Waals surface area contributed by atoms with Crippen LogP contribution >= 0.6 is 0 Å². The largest absolute Gasteiger partial charge is 0.481 e. The third kappa shape index (κ3) is 2.93. The highest BCUT2D eigenvalue weighted by Gasteiger charge is 2.32. The van der Waals surface area contributed by atoms with E-state index in [1.54, 1.807) is 6.92 Å². The van der Waals surface area contributed by atoms with Gasteiger partial charge < -0.3 is 15.7 Å². The van der Waals surface area contributed by atoms with Gasteiger partial charge in [0.2, 0.25) is 0 Å². The average molecular weight is 229 g/mol. The number of carbonyl (C=O) groups is 1. The van der Waals surface area contributed by atoms with E-state index in [-0.39, 0.29) is 18.0 Å². The van der Waals surface area contributed by atoms with Gasteiger partial charge in [-0.1, -0.05) is 6.92 Å². The maximum Gasteiger partial charge on any atom is 0.307 e. The van der Waals surface area contributed by atoms with Gasteiger partial charge in [-0.05, 0) is 14.0 Å². The van der Waals surface area contributed by atoms with Gasteiger partial charge >= 0.3 is 5.97 Å². The summed E-state index contributed by atoms with van der Waals surface area (Å²) in [5, 5.41) is 9.03. The number of hydrogen-bond acceptors (Lipinski definition) is 4. The van der Waals surface area contributed by atoms with Crippen LogP contribution in [0.5, 0.6) is 0 Å². The lowest BCUT2D eigenvalue weighted by Crippen LogP contribution is -2.59. The van der Waals surface area contributed by atoms with Gasteiger partial charge in [-0.15, -0.1) is 0 Å². The van der Waals surface area contributed by atoms with E-state index < -0.39 is 5.97 Å². The number of likely N-dealkylation sites (N-methyl/N-ethyl adjacent to an activating group) is 1. The Labute approximate surface area is 97.2 Å². The quantitative estimate of drug-likeness (QED) is 0.691. The Bertz CT molecular complexity index is 247. The monoisotopic (exact) mass is 229 g/mol. The zero-order chi connectivity index (χ0) is 12.3. The normalized spacial score (nSPS) is 27.6. The molecule has 3 unspecified atom stereocenters. The number of nitrogens with two attached hydrogens (primary N) is 1. The summed E-state index contributed by atoms with van der Waals surface area (Å²) in [4.78, 5) is 15.5. The maximum absolute atomic E-state index is 11.0. The molecule has 1 fully saturated rings. The van der Waals surface area contributed by atoms with Gasteiger partial charge in [-0.3, -0.25) is 9.69 Å². The molecule has 0 amide bonds. The van der Waals surface area contributed by atoms with Gasteiger partial charge in [0.1, 0.15) is 0 Å². The molecule has 0 aromatic carbocycles. The van der Waals surface area contributed by atoms with E-state index in [0.29, 0.717) is 6.54 Å². The molecule has 3 atom stereocenters. The Morgan fingerprint density at radius 3 is 2.62 bits per heavy atom. The molecule has 0 bridgehead atoms. The summed E-state index contributed by atoms with van der Waals surface area (Å²) in [6.45, 7) is 7.13. The molecule has 0 radical (unpaired) electrons. The second kappa shape index (κ2) is 5.61. The molecule has 0 spiro atoms. The van der Waals surface area contributed by atoms with E-state index in [1.807, 2.05) is 6.92 Å². The molecule has 0 aliphatic carbocycles. The van der Waals surface area contributed by atoms with Crippen LogP contribution in [-0.4, -0.2) is 66.2 Å². The molecule has 1 heterocycles. The fourth-order valence-electron chi connectivity index (χ4n) is 2.26. The second-order valence-electron chi connectivity index (χ2n) is 4.76. The summed E-state index contributed by atoms with van der Waals surface area (Å²) in [7, 11) is 2.07. The number of hydrogen-bond donors (Lipinski definition) is 2.